The average molecular weight is 214 g/mol. The van der Waals surface area contributed by atoms with Crippen molar-refractivity contribution in [2.24, 2.45) is 0 Å². The maximum Gasteiger partial charge on any atom is 0.0381 e. The minimum atomic E-state index is 0.970. The van der Waals surface area contributed by atoms with Crippen molar-refractivity contribution in [1.29, 1.82) is 0 Å². The van der Waals surface area contributed by atoms with Crippen molar-refractivity contribution in [3.05, 3.63) is 28.2 Å². The number of hydrogen-bond acceptors (Lipinski definition) is 1. The second-order valence-electron chi connectivity index (χ2n) is 2.44. The highest BCUT2D eigenvalue weighted by Gasteiger charge is 1.98. The molecule has 0 aromatic heterocycles. The van der Waals surface area contributed by atoms with Crippen LogP contribution in [0, 0.1) is 6.92 Å². The molecular weight excluding hydrogens is 202 g/mol. The van der Waals surface area contributed by atoms with Gasteiger partial charge < -0.3 is 5.32 Å². The van der Waals surface area contributed by atoms with Gasteiger partial charge in [0.25, 0.3) is 0 Å². The van der Waals surface area contributed by atoms with Gasteiger partial charge in [-0.05, 0) is 31.5 Å². The van der Waals surface area contributed by atoms with Crippen molar-refractivity contribution in [2.75, 3.05) is 11.9 Å². The highest BCUT2D eigenvalue weighted by atomic mass is 79.9. The fraction of sp³-hybridized carbons (Fsp3) is 0.333. The maximum atomic E-state index is 3.48. The van der Waals surface area contributed by atoms with Gasteiger partial charge in [0, 0.05) is 16.7 Å². The number of hydrogen-bond donors (Lipinski definition) is 1. The van der Waals surface area contributed by atoms with Crippen LogP contribution in [0.25, 0.3) is 0 Å². The van der Waals surface area contributed by atoms with E-state index in [0.29, 0.717) is 0 Å². The molecule has 0 bridgehead atoms. The number of rotatable bonds is 2. The Morgan fingerprint density at radius 2 is 2.18 bits per heavy atom. The normalized spacial score (nSPS) is 9.73. The van der Waals surface area contributed by atoms with Crippen molar-refractivity contribution < 1.29 is 0 Å². The molecule has 2 heteroatoms. The minimum Gasteiger partial charge on any atom is -0.385 e. The lowest BCUT2D eigenvalue weighted by Gasteiger charge is -2.07. The fourth-order valence-corrected chi connectivity index (χ4v) is 1.36. The molecule has 0 amide bonds. The Morgan fingerprint density at radius 3 is 2.82 bits per heavy atom. The Labute approximate surface area is 75.9 Å². The lowest BCUT2D eigenvalue weighted by atomic mass is 10.2. The molecule has 0 saturated heterocycles. The van der Waals surface area contributed by atoms with Gasteiger partial charge in [-0.25, -0.2) is 0 Å². The van der Waals surface area contributed by atoms with Crippen LogP contribution in [-0.4, -0.2) is 6.54 Å². The highest BCUT2D eigenvalue weighted by Crippen LogP contribution is 2.22. The second kappa shape index (κ2) is 3.77. The van der Waals surface area contributed by atoms with Gasteiger partial charge in [-0.2, -0.15) is 0 Å². The molecule has 0 spiro atoms. The molecule has 1 aromatic carbocycles. The van der Waals surface area contributed by atoms with Crippen LogP contribution in [0.2, 0.25) is 0 Å². The molecule has 0 aliphatic heterocycles. The first kappa shape index (κ1) is 8.60. The zero-order valence-electron chi connectivity index (χ0n) is 6.82. The monoisotopic (exact) mass is 213 g/mol. The smallest absolute Gasteiger partial charge is 0.0381 e. The number of halogens is 1. The number of nitrogens with one attached hydrogen (secondary N) is 1. The van der Waals surface area contributed by atoms with Crippen molar-refractivity contribution in [1.82, 2.24) is 0 Å². The van der Waals surface area contributed by atoms with E-state index < -0.39 is 0 Å². The maximum absolute atomic E-state index is 3.48. The number of benzene rings is 1. The van der Waals surface area contributed by atoms with Crippen LogP contribution in [-0.2, 0) is 0 Å². The fourth-order valence-electron chi connectivity index (χ4n) is 0.989. The van der Waals surface area contributed by atoms with Crippen molar-refractivity contribution in [3.8, 4) is 0 Å². The van der Waals surface area contributed by atoms with Crippen molar-refractivity contribution in [3.63, 3.8) is 0 Å². The van der Waals surface area contributed by atoms with Crippen LogP contribution in [0.1, 0.15) is 12.5 Å². The standard InChI is InChI=1S/C9H12BrN/c1-3-11-9-6-4-5-8(10)7(9)2/h4-6,11H,3H2,1-2H3. The first-order chi connectivity index (χ1) is 5.25. The average Bonchev–Trinajstić information content (AvgIpc) is 1.99. The van der Waals surface area contributed by atoms with E-state index >= 15 is 0 Å². The third-order valence-corrected chi connectivity index (χ3v) is 2.49. The molecule has 0 unspecified atom stereocenters. The Kier molecular flexibility index (Phi) is 2.94. The van der Waals surface area contributed by atoms with Crippen molar-refractivity contribution in [2.45, 2.75) is 13.8 Å². The van der Waals surface area contributed by atoms with E-state index in [9.17, 15) is 0 Å². The molecule has 11 heavy (non-hydrogen) atoms. The summed E-state index contributed by atoms with van der Waals surface area (Å²) in [6.07, 6.45) is 0. The minimum absolute atomic E-state index is 0.970. The third kappa shape index (κ3) is 1.96. The molecule has 0 fully saturated rings. The summed E-state index contributed by atoms with van der Waals surface area (Å²) in [6, 6.07) is 6.18. The zero-order valence-corrected chi connectivity index (χ0v) is 8.40. The summed E-state index contributed by atoms with van der Waals surface area (Å²) in [5, 5.41) is 3.29. The Bertz CT molecular complexity index is 245. The summed E-state index contributed by atoms with van der Waals surface area (Å²) in [5.41, 5.74) is 2.48. The second-order valence-corrected chi connectivity index (χ2v) is 3.30. The predicted molar refractivity (Wildman–Crippen MR) is 53.0 cm³/mol. The molecule has 0 radical (unpaired) electrons. The summed E-state index contributed by atoms with van der Waals surface area (Å²) >= 11 is 3.48. The summed E-state index contributed by atoms with van der Waals surface area (Å²) < 4.78 is 1.16. The summed E-state index contributed by atoms with van der Waals surface area (Å²) in [4.78, 5) is 0. The van der Waals surface area contributed by atoms with Crippen LogP contribution >= 0.6 is 15.9 Å². The topological polar surface area (TPSA) is 12.0 Å². The zero-order chi connectivity index (χ0) is 8.27. The van der Waals surface area contributed by atoms with Crippen LogP contribution in [0.15, 0.2) is 22.7 Å². The van der Waals surface area contributed by atoms with Crippen LogP contribution < -0.4 is 5.32 Å². The van der Waals surface area contributed by atoms with E-state index in [1.54, 1.807) is 0 Å². The van der Waals surface area contributed by atoms with Gasteiger partial charge in [-0.3, -0.25) is 0 Å². The quantitative estimate of drug-likeness (QED) is 0.797. The summed E-state index contributed by atoms with van der Waals surface area (Å²) in [5.74, 6) is 0. The molecule has 60 valence electrons. The molecule has 0 atom stereocenters. The first-order valence-corrected chi connectivity index (χ1v) is 4.54. The van der Waals surface area contributed by atoms with Gasteiger partial charge >= 0.3 is 0 Å². The van der Waals surface area contributed by atoms with Crippen LogP contribution in [0.5, 0.6) is 0 Å². The first-order valence-electron chi connectivity index (χ1n) is 3.74. The van der Waals surface area contributed by atoms with Crippen LogP contribution in [0.3, 0.4) is 0 Å². The van der Waals surface area contributed by atoms with Crippen molar-refractivity contribution >= 4 is 21.6 Å². The Morgan fingerprint density at radius 1 is 1.45 bits per heavy atom. The Hall–Kier alpha value is -0.500. The van der Waals surface area contributed by atoms with Crippen LogP contribution in [0.4, 0.5) is 5.69 Å². The molecule has 1 nitrogen and oxygen atoms in total. The summed E-state index contributed by atoms with van der Waals surface area (Å²) in [7, 11) is 0. The van der Waals surface area contributed by atoms with E-state index in [1.165, 1.54) is 11.3 Å². The molecule has 0 heterocycles. The van der Waals surface area contributed by atoms with E-state index in [-0.39, 0.29) is 0 Å². The van der Waals surface area contributed by atoms with Gasteiger partial charge in [-0.1, -0.05) is 22.0 Å². The molecule has 1 rings (SSSR count). The molecular formula is C9H12BrN. The van der Waals surface area contributed by atoms with Gasteiger partial charge in [0.1, 0.15) is 0 Å². The van der Waals surface area contributed by atoms with E-state index in [4.69, 9.17) is 0 Å². The van der Waals surface area contributed by atoms with E-state index in [2.05, 4.69) is 47.2 Å². The number of anilines is 1. The van der Waals surface area contributed by atoms with Gasteiger partial charge in [0.05, 0.1) is 0 Å². The lowest BCUT2D eigenvalue weighted by molar-refractivity contribution is 1.20. The molecule has 1 aromatic rings. The molecule has 0 saturated carbocycles. The van der Waals surface area contributed by atoms with Gasteiger partial charge in [0.2, 0.25) is 0 Å². The highest BCUT2D eigenvalue weighted by molar-refractivity contribution is 9.10. The molecule has 0 aliphatic rings. The largest absolute Gasteiger partial charge is 0.385 e. The van der Waals surface area contributed by atoms with E-state index in [0.717, 1.165) is 11.0 Å². The van der Waals surface area contributed by atoms with E-state index in [1.807, 2.05) is 6.07 Å². The molecule has 0 aliphatic carbocycles. The lowest BCUT2D eigenvalue weighted by Crippen LogP contribution is -1.98. The predicted octanol–water partition coefficient (Wildman–Crippen LogP) is 3.19. The van der Waals surface area contributed by atoms with Gasteiger partial charge in [0.15, 0.2) is 0 Å². The third-order valence-electron chi connectivity index (χ3n) is 1.63. The van der Waals surface area contributed by atoms with Gasteiger partial charge in [-0.15, -0.1) is 0 Å². The SMILES string of the molecule is CCNc1cccc(Br)c1C. The Balaban J connectivity index is 2.96. The summed E-state index contributed by atoms with van der Waals surface area (Å²) in [6.45, 7) is 5.17. The molecule has 1 N–H and O–H groups in total.